The van der Waals surface area contributed by atoms with Crippen LogP contribution in [0.15, 0.2) is 36.5 Å². The maximum Gasteiger partial charge on any atom is 0.279 e. The van der Waals surface area contributed by atoms with Gasteiger partial charge in [-0.15, -0.1) is 0 Å². The molecule has 1 aromatic carbocycles. The Morgan fingerprint density at radius 3 is 2.92 bits per heavy atom. The molecule has 2 aromatic rings. The first-order valence-corrected chi connectivity index (χ1v) is 8.08. The summed E-state index contributed by atoms with van der Waals surface area (Å²) in [5.41, 5.74) is 1.48. The first-order chi connectivity index (χ1) is 11.6. The van der Waals surface area contributed by atoms with Gasteiger partial charge in [0.1, 0.15) is 5.82 Å². The number of fused-ring (bicyclic) bond motifs is 2. The molecule has 4 nitrogen and oxygen atoms in total. The van der Waals surface area contributed by atoms with Crippen LogP contribution in [-0.2, 0) is 6.54 Å². The zero-order valence-electron chi connectivity index (χ0n) is 13.1. The fraction of sp³-hybridized carbons (Fsp3) is 0.333. The van der Waals surface area contributed by atoms with Crippen molar-refractivity contribution < 1.29 is 13.6 Å². The smallest absolute Gasteiger partial charge is 0.279 e. The number of halogens is 2. The van der Waals surface area contributed by atoms with E-state index in [0.717, 1.165) is 43.4 Å². The van der Waals surface area contributed by atoms with Crippen LogP contribution in [0.25, 0.3) is 0 Å². The molecule has 1 saturated heterocycles. The van der Waals surface area contributed by atoms with Gasteiger partial charge in [-0.05, 0) is 31.0 Å². The van der Waals surface area contributed by atoms with E-state index < -0.39 is 17.5 Å². The minimum Gasteiger partial charge on any atom is -0.305 e. The lowest BCUT2D eigenvalue weighted by Gasteiger charge is -2.26. The Morgan fingerprint density at radius 1 is 1.25 bits per heavy atom. The number of carbonyl (C=O) groups excluding carboxylic acids is 1. The number of rotatable bonds is 1. The van der Waals surface area contributed by atoms with Crippen LogP contribution < -0.4 is 4.90 Å². The van der Waals surface area contributed by atoms with Gasteiger partial charge in [-0.3, -0.25) is 9.69 Å². The van der Waals surface area contributed by atoms with Crippen LogP contribution in [0.1, 0.15) is 28.9 Å². The molecule has 0 aliphatic carbocycles. The summed E-state index contributed by atoms with van der Waals surface area (Å²) in [6.45, 7) is 2.28. The highest BCUT2D eigenvalue weighted by Crippen LogP contribution is 2.32. The number of para-hydroxylation sites is 1. The van der Waals surface area contributed by atoms with E-state index in [1.54, 1.807) is 4.90 Å². The first-order valence-electron chi connectivity index (χ1n) is 8.08. The summed E-state index contributed by atoms with van der Waals surface area (Å²) in [5.74, 6) is -2.24. The molecule has 1 aromatic heterocycles. The topological polar surface area (TPSA) is 36.4 Å². The van der Waals surface area contributed by atoms with Gasteiger partial charge in [0, 0.05) is 30.9 Å². The van der Waals surface area contributed by atoms with E-state index in [1.165, 1.54) is 0 Å². The minimum absolute atomic E-state index is 0.254. The van der Waals surface area contributed by atoms with Crippen molar-refractivity contribution in [3.63, 3.8) is 0 Å². The monoisotopic (exact) mass is 329 g/mol. The van der Waals surface area contributed by atoms with Gasteiger partial charge in [0.25, 0.3) is 5.91 Å². The van der Waals surface area contributed by atoms with Crippen LogP contribution in [-0.4, -0.2) is 34.9 Å². The third-order valence-corrected chi connectivity index (χ3v) is 4.80. The van der Waals surface area contributed by atoms with Gasteiger partial charge >= 0.3 is 0 Å². The van der Waals surface area contributed by atoms with Gasteiger partial charge in [0.05, 0.1) is 6.20 Å². The molecule has 124 valence electrons. The largest absolute Gasteiger partial charge is 0.305 e. The lowest BCUT2D eigenvalue weighted by molar-refractivity contribution is 0.0971. The normalized spacial score (nSPS) is 20.4. The summed E-state index contributed by atoms with van der Waals surface area (Å²) in [5, 5.41) is 0. The van der Waals surface area contributed by atoms with Gasteiger partial charge in [-0.25, -0.2) is 13.8 Å². The third-order valence-electron chi connectivity index (χ3n) is 4.80. The molecule has 1 atom stereocenters. The predicted molar refractivity (Wildman–Crippen MR) is 85.7 cm³/mol. The van der Waals surface area contributed by atoms with E-state index in [2.05, 4.69) is 9.88 Å². The lowest BCUT2D eigenvalue weighted by atomic mass is 10.1. The van der Waals surface area contributed by atoms with Crippen LogP contribution in [0.2, 0.25) is 0 Å². The summed E-state index contributed by atoms with van der Waals surface area (Å²) < 4.78 is 27.1. The molecule has 0 bridgehead atoms. The van der Waals surface area contributed by atoms with Gasteiger partial charge < -0.3 is 4.90 Å². The standard InChI is InChI=1S/C18H17F2N3O/c19-13-8-15(20)17(21-9-13)18(24)23-11-14-5-3-7-22(14)10-12-4-1-2-6-16(12)23/h1-2,4,6,8-9,14H,3,5,7,10-11H2. The second-order valence-corrected chi connectivity index (χ2v) is 6.29. The molecule has 2 aliphatic rings. The highest BCUT2D eigenvalue weighted by Gasteiger charge is 2.34. The molecule has 0 spiro atoms. The second kappa shape index (κ2) is 5.94. The molecule has 24 heavy (non-hydrogen) atoms. The minimum atomic E-state index is -0.926. The van der Waals surface area contributed by atoms with Gasteiger partial charge in [0.2, 0.25) is 0 Å². The number of hydrogen-bond donors (Lipinski definition) is 0. The van der Waals surface area contributed by atoms with Crippen molar-refractivity contribution in [2.75, 3.05) is 18.0 Å². The Bertz CT molecular complexity index is 796. The maximum atomic E-state index is 14.0. The molecule has 2 aliphatic heterocycles. The van der Waals surface area contributed by atoms with Gasteiger partial charge in [-0.2, -0.15) is 0 Å². The van der Waals surface area contributed by atoms with Crippen LogP contribution in [0.5, 0.6) is 0 Å². The third kappa shape index (κ3) is 2.57. The molecule has 1 fully saturated rings. The number of carbonyl (C=O) groups is 1. The summed E-state index contributed by atoms with van der Waals surface area (Å²) in [6.07, 6.45) is 2.98. The Labute approximate surface area is 138 Å². The van der Waals surface area contributed by atoms with Crippen LogP contribution >= 0.6 is 0 Å². The Balaban J connectivity index is 1.76. The quantitative estimate of drug-likeness (QED) is 0.807. The average molecular weight is 329 g/mol. The summed E-state index contributed by atoms with van der Waals surface area (Å²) in [7, 11) is 0. The highest BCUT2D eigenvalue weighted by molar-refractivity contribution is 6.05. The first kappa shape index (κ1) is 15.2. The number of benzene rings is 1. The van der Waals surface area contributed by atoms with Crippen molar-refractivity contribution in [2.24, 2.45) is 0 Å². The number of nitrogens with zero attached hydrogens (tertiary/aromatic N) is 3. The van der Waals surface area contributed by atoms with E-state index in [9.17, 15) is 13.6 Å². The highest BCUT2D eigenvalue weighted by atomic mass is 19.1. The Kier molecular flexibility index (Phi) is 3.76. The molecule has 1 unspecified atom stereocenters. The molecular weight excluding hydrogens is 312 g/mol. The lowest BCUT2D eigenvalue weighted by Crippen LogP contribution is -2.41. The molecule has 3 heterocycles. The van der Waals surface area contributed by atoms with Gasteiger partial charge in [-0.1, -0.05) is 18.2 Å². The molecule has 0 N–H and O–H groups in total. The van der Waals surface area contributed by atoms with Crippen molar-refractivity contribution in [1.82, 2.24) is 9.88 Å². The molecular formula is C18H17F2N3O. The summed E-state index contributed by atoms with van der Waals surface area (Å²) >= 11 is 0. The molecule has 0 radical (unpaired) electrons. The summed E-state index contributed by atoms with van der Waals surface area (Å²) in [4.78, 5) is 20.6. The molecule has 1 amide bonds. The van der Waals surface area contributed by atoms with Crippen molar-refractivity contribution in [3.8, 4) is 0 Å². The van der Waals surface area contributed by atoms with E-state index in [0.29, 0.717) is 12.6 Å². The van der Waals surface area contributed by atoms with Crippen molar-refractivity contribution >= 4 is 11.6 Å². The number of aromatic nitrogens is 1. The number of pyridine rings is 1. The van der Waals surface area contributed by atoms with E-state index in [1.807, 2.05) is 24.3 Å². The van der Waals surface area contributed by atoms with E-state index in [-0.39, 0.29) is 11.7 Å². The Morgan fingerprint density at radius 2 is 2.08 bits per heavy atom. The molecule has 4 rings (SSSR count). The van der Waals surface area contributed by atoms with E-state index >= 15 is 0 Å². The van der Waals surface area contributed by atoms with Crippen LogP contribution in [0.3, 0.4) is 0 Å². The SMILES string of the molecule is O=C(c1ncc(F)cc1F)N1CC2CCCN2Cc2ccccc21. The maximum absolute atomic E-state index is 14.0. The molecule has 6 heteroatoms. The Hall–Kier alpha value is -2.34. The van der Waals surface area contributed by atoms with E-state index in [4.69, 9.17) is 0 Å². The second-order valence-electron chi connectivity index (χ2n) is 6.29. The fourth-order valence-corrected chi connectivity index (χ4v) is 3.64. The number of amides is 1. The van der Waals surface area contributed by atoms with Crippen molar-refractivity contribution in [3.05, 3.63) is 59.4 Å². The zero-order chi connectivity index (χ0) is 16.7. The van der Waals surface area contributed by atoms with Crippen LogP contribution in [0.4, 0.5) is 14.5 Å². The fourth-order valence-electron chi connectivity index (χ4n) is 3.64. The van der Waals surface area contributed by atoms with Gasteiger partial charge in [0.15, 0.2) is 11.5 Å². The summed E-state index contributed by atoms with van der Waals surface area (Å²) in [6, 6.07) is 8.62. The average Bonchev–Trinajstić information content (AvgIpc) is 2.93. The predicted octanol–water partition coefficient (Wildman–Crippen LogP) is 2.98. The molecule has 0 saturated carbocycles. The number of hydrogen-bond acceptors (Lipinski definition) is 3. The number of anilines is 1. The van der Waals surface area contributed by atoms with Crippen LogP contribution in [0, 0.1) is 11.6 Å². The van der Waals surface area contributed by atoms with Crippen molar-refractivity contribution in [2.45, 2.75) is 25.4 Å². The zero-order valence-corrected chi connectivity index (χ0v) is 13.1. The van der Waals surface area contributed by atoms with Crippen molar-refractivity contribution in [1.29, 1.82) is 0 Å².